The predicted octanol–water partition coefficient (Wildman–Crippen LogP) is 3.20. The summed E-state index contributed by atoms with van der Waals surface area (Å²) in [7, 11) is 0. The highest BCUT2D eigenvalue weighted by molar-refractivity contribution is 5.98. The Balaban J connectivity index is 1.45. The van der Waals surface area contributed by atoms with Crippen molar-refractivity contribution in [3.05, 3.63) is 23.8 Å². The molecule has 8 heteroatoms. The molecule has 0 aliphatic carbocycles. The Kier molecular flexibility index (Phi) is 7.33. The Hall–Kier alpha value is -2.77. The van der Waals surface area contributed by atoms with Gasteiger partial charge in [-0.3, -0.25) is 14.4 Å². The zero-order valence-electron chi connectivity index (χ0n) is 20.6. The second-order valence-electron chi connectivity index (χ2n) is 10.9. The summed E-state index contributed by atoms with van der Waals surface area (Å²) < 4.78 is 10.7. The first-order valence-corrected chi connectivity index (χ1v) is 12.5. The van der Waals surface area contributed by atoms with Gasteiger partial charge >= 0.3 is 0 Å². The number of rotatable bonds is 5. The summed E-state index contributed by atoms with van der Waals surface area (Å²) in [5.41, 5.74) is 0.387. The van der Waals surface area contributed by atoms with E-state index in [4.69, 9.17) is 9.47 Å². The highest BCUT2D eigenvalue weighted by Gasteiger charge is 2.37. The number of amides is 3. The van der Waals surface area contributed by atoms with E-state index in [1.807, 2.05) is 9.80 Å². The normalized spacial score (nSPS) is 19.6. The van der Waals surface area contributed by atoms with Crippen molar-refractivity contribution < 1.29 is 23.9 Å². The molecule has 3 aliphatic rings. The number of nitrogens with zero attached hydrogens (tertiary/aromatic N) is 2. The maximum atomic E-state index is 13.5. The third-order valence-electron chi connectivity index (χ3n) is 6.90. The van der Waals surface area contributed by atoms with E-state index in [1.54, 1.807) is 18.2 Å². The SMILES string of the molecule is CC(C)(C)CC(=O)N1CCC([C@H](NC(=O)c2ccc3c(c2)OCO3)C(=O)N2CCCCC2)CC1. The van der Waals surface area contributed by atoms with E-state index >= 15 is 0 Å². The molecule has 1 aromatic rings. The first-order valence-electron chi connectivity index (χ1n) is 12.5. The van der Waals surface area contributed by atoms with Crippen LogP contribution in [0, 0.1) is 11.3 Å². The van der Waals surface area contributed by atoms with E-state index < -0.39 is 6.04 Å². The van der Waals surface area contributed by atoms with Gasteiger partial charge in [0.05, 0.1) is 0 Å². The monoisotopic (exact) mass is 471 g/mol. The fourth-order valence-electron chi connectivity index (χ4n) is 5.00. The molecule has 0 saturated carbocycles. The number of nitrogens with one attached hydrogen (secondary N) is 1. The summed E-state index contributed by atoms with van der Waals surface area (Å²) in [6.45, 7) is 9.04. The molecular formula is C26H37N3O5. The number of carbonyl (C=O) groups excluding carboxylic acids is 3. The summed E-state index contributed by atoms with van der Waals surface area (Å²) >= 11 is 0. The Morgan fingerprint density at radius 2 is 1.65 bits per heavy atom. The molecule has 0 spiro atoms. The molecular weight excluding hydrogens is 434 g/mol. The highest BCUT2D eigenvalue weighted by atomic mass is 16.7. The zero-order chi connectivity index (χ0) is 24.3. The van der Waals surface area contributed by atoms with Gasteiger partial charge in [0.15, 0.2) is 11.5 Å². The van der Waals surface area contributed by atoms with Crippen molar-refractivity contribution in [3.63, 3.8) is 0 Å². The van der Waals surface area contributed by atoms with Crippen molar-refractivity contribution in [1.82, 2.24) is 15.1 Å². The summed E-state index contributed by atoms with van der Waals surface area (Å²) in [6.07, 6.45) is 5.02. The maximum absolute atomic E-state index is 13.5. The van der Waals surface area contributed by atoms with Crippen molar-refractivity contribution in [2.75, 3.05) is 33.0 Å². The fourth-order valence-corrected chi connectivity index (χ4v) is 5.00. The Morgan fingerprint density at radius 3 is 2.32 bits per heavy atom. The number of piperidine rings is 2. The van der Waals surface area contributed by atoms with Crippen molar-refractivity contribution in [3.8, 4) is 11.5 Å². The molecule has 0 unspecified atom stereocenters. The van der Waals surface area contributed by atoms with Gasteiger partial charge in [-0.1, -0.05) is 20.8 Å². The second kappa shape index (κ2) is 10.2. The number of benzene rings is 1. The Bertz CT molecular complexity index is 912. The molecule has 3 aliphatic heterocycles. The van der Waals surface area contributed by atoms with Gasteiger partial charge < -0.3 is 24.6 Å². The molecule has 186 valence electrons. The number of likely N-dealkylation sites (tertiary alicyclic amines) is 2. The van der Waals surface area contributed by atoms with E-state index in [0.29, 0.717) is 49.4 Å². The number of hydrogen-bond acceptors (Lipinski definition) is 5. The molecule has 0 aromatic heterocycles. The van der Waals surface area contributed by atoms with E-state index in [2.05, 4.69) is 26.1 Å². The minimum atomic E-state index is -0.601. The average molecular weight is 472 g/mol. The number of carbonyl (C=O) groups is 3. The van der Waals surface area contributed by atoms with E-state index in [9.17, 15) is 14.4 Å². The Morgan fingerprint density at radius 1 is 0.971 bits per heavy atom. The lowest BCUT2D eigenvalue weighted by atomic mass is 9.86. The minimum absolute atomic E-state index is 0.00624. The van der Waals surface area contributed by atoms with Gasteiger partial charge in [0.25, 0.3) is 5.91 Å². The third-order valence-corrected chi connectivity index (χ3v) is 6.90. The zero-order valence-corrected chi connectivity index (χ0v) is 20.6. The van der Waals surface area contributed by atoms with Crippen LogP contribution in [0.25, 0.3) is 0 Å². The van der Waals surface area contributed by atoms with Crippen LogP contribution >= 0.6 is 0 Å². The lowest BCUT2D eigenvalue weighted by molar-refractivity contribution is -0.137. The number of ether oxygens (including phenoxy) is 2. The van der Waals surface area contributed by atoms with Crippen molar-refractivity contribution in [1.29, 1.82) is 0 Å². The molecule has 1 atom stereocenters. The van der Waals surface area contributed by atoms with E-state index in [0.717, 1.165) is 32.4 Å². The average Bonchev–Trinajstić information content (AvgIpc) is 3.29. The summed E-state index contributed by atoms with van der Waals surface area (Å²) in [6, 6.07) is 4.47. The van der Waals surface area contributed by atoms with Gasteiger partial charge in [-0.2, -0.15) is 0 Å². The molecule has 1 aromatic carbocycles. The van der Waals surface area contributed by atoms with Crippen LogP contribution in [0.4, 0.5) is 0 Å². The molecule has 8 nitrogen and oxygen atoms in total. The van der Waals surface area contributed by atoms with Gasteiger partial charge in [0.1, 0.15) is 6.04 Å². The van der Waals surface area contributed by atoms with Crippen LogP contribution in [0.1, 0.15) is 69.7 Å². The standard InChI is InChI=1S/C26H37N3O5/c1-26(2,3)16-22(30)28-13-9-18(10-14-28)23(25(32)29-11-5-4-6-12-29)27-24(31)19-7-8-20-21(15-19)34-17-33-20/h7-8,15,18,23H,4-6,9-14,16-17H2,1-3H3,(H,27,31)/t23-/m0/s1. The van der Waals surface area contributed by atoms with Crippen LogP contribution < -0.4 is 14.8 Å². The van der Waals surface area contributed by atoms with Crippen LogP contribution in [-0.2, 0) is 9.59 Å². The van der Waals surface area contributed by atoms with Crippen LogP contribution in [0.3, 0.4) is 0 Å². The topological polar surface area (TPSA) is 88.2 Å². The van der Waals surface area contributed by atoms with E-state index in [-0.39, 0.29) is 35.8 Å². The summed E-state index contributed by atoms with van der Waals surface area (Å²) in [5, 5.41) is 3.04. The van der Waals surface area contributed by atoms with Crippen LogP contribution in [0.2, 0.25) is 0 Å². The largest absolute Gasteiger partial charge is 0.454 e. The van der Waals surface area contributed by atoms with Gasteiger partial charge in [-0.05, 0) is 61.6 Å². The molecule has 34 heavy (non-hydrogen) atoms. The third kappa shape index (κ3) is 5.83. The molecule has 3 heterocycles. The first kappa shape index (κ1) is 24.4. The maximum Gasteiger partial charge on any atom is 0.252 e. The van der Waals surface area contributed by atoms with E-state index in [1.165, 1.54) is 0 Å². The van der Waals surface area contributed by atoms with Crippen LogP contribution in [0.15, 0.2) is 18.2 Å². The Labute approximate surface area is 201 Å². The van der Waals surface area contributed by atoms with Crippen molar-refractivity contribution >= 4 is 17.7 Å². The van der Waals surface area contributed by atoms with Gasteiger partial charge in [-0.25, -0.2) is 0 Å². The molecule has 0 bridgehead atoms. The fraction of sp³-hybridized carbons (Fsp3) is 0.654. The predicted molar refractivity (Wildman–Crippen MR) is 128 cm³/mol. The van der Waals surface area contributed by atoms with Crippen molar-refractivity contribution in [2.24, 2.45) is 11.3 Å². The summed E-state index contributed by atoms with van der Waals surface area (Å²) in [4.78, 5) is 43.2. The van der Waals surface area contributed by atoms with Gasteiger partial charge in [0.2, 0.25) is 18.6 Å². The molecule has 3 amide bonds. The number of fused-ring (bicyclic) bond motifs is 1. The molecule has 2 saturated heterocycles. The van der Waals surface area contributed by atoms with Crippen molar-refractivity contribution in [2.45, 2.75) is 65.3 Å². The van der Waals surface area contributed by atoms with Gasteiger partial charge in [0, 0.05) is 38.2 Å². The second-order valence-corrected chi connectivity index (χ2v) is 10.9. The first-order chi connectivity index (χ1) is 16.2. The van der Waals surface area contributed by atoms with Crippen LogP contribution in [0.5, 0.6) is 11.5 Å². The summed E-state index contributed by atoms with van der Waals surface area (Å²) in [5.74, 6) is 1.01. The smallest absolute Gasteiger partial charge is 0.252 e. The van der Waals surface area contributed by atoms with Gasteiger partial charge in [-0.15, -0.1) is 0 Å². The number of hydrogen-bond donors (Lipinski definition) is 1. The highest BCUT2D eigenvalue weighted by Crippen LogP contribution is 2.33. The quantitative estimate of drug-likeness (QED) is 0.713. The molecule has 2 fully saturated rings. The van der Waals surface area contributed by atoms with Crippen LogP contribution in [-0.4, -0.2) is 66.5 Å². The molecule has 1 N–H and O–H groups in total. The lowest BCUT2D eigenvalue weighted by Gasteiger charge is -2.39. The molecule has 0 radical (unpaired) electrons. The molecule has 4 rings (SSSR count). The minimum Gasteiger partial charge on any atom is -0.454 e. The lowest BCUT2D eigenvalue weighted by Crippen LogP contribution is -2.55.